The van der Waals surface area contributed by atoms with Crippen LogP contribution in [0.1, 0.15) is 10.4 Å². The molecule has 0 aliphatic carbocycles. The summed E-state index contributed by atoms with van der Waals surface area (Å²) in [4.78, 5) is 11.5. The molecule has 0 radical (unpaired) electrons. The number of carbonyl (C=O) groups excluding carboxylic acids is 1. The predicted molar refractivity (Wildman–Crippen MR) is 75.5 cm³/mol. The zero-order valence-corrected chi connectivity index (χ0v) is 12.2. The minimum Gasteiger partial charge on any atom is -0.493 e. The molecule has 0 aromatic heterocycles. The Hall–Kier alpha value is -2.08. The van der Waals surface area contributed by atoms with Crippen LogP contribution >= 0.6 is 0 Å². The predicted octanol–water partition coefficient (Wildman–Crippen LogP) is 2.07. The lowest BCUT2D eigenvalue weighted by molar-refractivity contribution is 0.112. The molecule has 0 spiro atoms. The van der Waals surface area contributed by atoms with Crippen LogP contribution in [0.5, 0.6) is 11.5 Å². The third-order valence-corrected chi connectivity index (χ3v) is 4.15. The first-order valence-electron chi connectivity index (χ1n) is 5.76. The van der Waals surface area contributed by atoms with E-state index < -0.39 is 9.84 Å². The van der Waals surface area contributed by atoms with Crippen LogP contribution in [0.25, 0.3) is 10.8 Å². The van der Waals surface area contributed by atoms with Crippen molar-refractivity contribution in [1.29, 1.82) is 0 Å². The highest BCUT2D eigenvalue weighted by atomic mass is 32.2. The Balaban J connectivity index is 2.88. The highest BCUT2D eigenvalue weighted by molar-refractivity contribution is 7.90. The Bertz CT molecular complexity index is 778. The quantitative estimate of drug-likeness (QED) is 0.807. The van der Waals surface area contributed by atoms with Gasteiger partial charge in [0.15, 0.2) is 27.6 Å². The summed E-state index contributed by atoms with van der Waals surface area (Å²) in [5.74, 6) is 0.717. The van der Waals surface area contributed by atoms with Crippen molar-refractivity contribution in [2.24, 2.45) is 0 Å². The van der Waals surface area contributed by atoms with Gasteiger partial charge in [0.1, 0.15) is 0 Å². The topological polar surface area (TPSA) is 69.7 Å². The number of fused-ring (bicyclic) bond motifs is 1. The molecule has 0 N–H and O–H groups in total. The van der Waals surface area contributed by atoms with Gasteiger partial charge in [-0.2, -0.15) is 0 Å². The van der Waals surface area contributed by atoms with Crippen molar-refractivity contribution in [2.75, 3.05) is 20.5 Å². The minimum atomic E-state index is -3.31. The number of sulfone groups is 1. The highest BCUT2D eigenvalue weighted by Gasteiger charge is 2.16. The van der Waals surface area contributed by atoms with Crippen molar-refractivity contribution < 1.29 is 22.7 Å². The molecule has 0 unspecified atom stereocenters. The van der Waals surface area contributed by atoms with Gasteiger partial charge in [-0.25, -0.2) is 8.42 Å². The molecule has 0 atom stereocenters. The monoisotopic (exact) mass is 294 g/mol. The fraction of sp³-hybridized carbons (Fsp3) is 0.214. The van der Waals surface area contributed by atoms with E-state index in [1.54, 1.807) is 12.1 Å². The second kappa shape index (κ2) is 5.13. The van der Waals surface area contributed by atoms with Crippen LogP contribution in [-0.2, 0) is 9.84 Å². The first kappa shape index (κ1) is 14.3. The molecular formula is C14H14O5S. The standard InChI is InChI=1S/C14H14O5S/c1-18-13-7-9-6-10(20(3,16)17)4-5-11(9)12(8-15)14(13)19-2/h4-8H,1-3H3. The van der Waals surface area contributed by atoms with Crippen LogP contribution in [0.2, 0.25) is 0 Å². The van der Waals surface area contributed by atoms with Gasteiger partial charge in [-0.05, 0) is 29.0 Å². The maximum atomic E-state index is 11.6. The Morgan fingerprint density at radius 2 is 1.80 bits per heavy atom. The van der Waals surface area contributed by atoms with Gasteiger partial charge in [0.25, 0.3) is 0 Å². The number of rotatable bonds is 4. The number of ether oxygens (including phenoxy) is 2. The number of aldehydes is 1. The number of methoxy groups -OCH3 is 2. The summed E-state index contributed by atoms with van der Waals surface area (Å²) in [6.45, 7) is 0. The molecule has 20 heavy (non-hydrogen) atoms. The van der Waals surface area contributed by atoms with E-state index in [4.69, 9.17) is 9.47 Å². The molecular weight excluding hydrogens is 280 g/mol. The summed E-state index contributed by atoms with van der Waals surface area (Å²) in [7, 11) is -0.406. The summed E-state index contributed by atoms with van der Waals surface area (Å²) in [6, 6.07) is 6.23. The average molecular weight is 294 g/mol. The lowest BCUT2D eigenvalue weighted by atomic mass is 10.0. The van der Waals surface area contributed by atoms with Crippen molar-refractivity contribution in [1.82, 2.24) is 0 Å². The van der Waals surface area contributed by atoms with Crippen LogP contribution in [0.15, 0.2) is 29.2 Å². The molecule has 5 nitrogen and oxygen atoms in total. The first-order valence-corrected chi connectivity index (χ1v) is 7.65. The molecule has 0 saturated heterocycles. The van der Waals surface area contributed by atoms with Crippen molar-refractivity contribution in [3.8, 4) is 11.5 Å². The third-order valence-electron chi connectivity index (χ3n) is 3.04. The zero-order chi connectivity index (χ0) is 14.9. The van der Waals surface area contributed by atoms with E-state index in [2.05, 4.69) is 0 Å². The van der Waals surface area contributed by atoms with Crippen LogP contribution in [0.4, 0.5) is 0 Å². The Morgan fingerprint density at radius 1 is 1.10 bits per heavy atom. The van der Waals surface area contributed by atoms with Crippen molar-refractivity contribution >= 4 is 26.9 Å². The molecule has 6 heteroatoms. The van der Waals surface area contributed by atoms with E-state index in [0.29, 0.717) is 34.1 Å². The summed E-state index contributed by atoms with van der Waals surface area (Å²) in [5.41, 5.74) is 0.335. The van der Waals surface area contributed by atoms with Crippen molar-refractivity contribution in [3.63, 3.8) is 0 Å². The number of hydrogen-bond acceptors (Lipinski definition) is 5. The number of benzene rings is 2. The summed E-state index contributed by atoms with van der Waals surface area (Å²) < 4.78 is 33.5. The van der Waals surface area contributed by atoms with E-state index in [0.717, 1.165) is 6.26 Å². The summed E-state index contributed by atoms with van der Waals surface area (Å²) in [6.07, 6.45) is 1.80. The molecule has 106 valence electrons. The fourth-order valence-corrected chi connectivity index (χ4v) is 2.73. The molecule has 0 aliphatic heterocycles. The molecule has 2 aromatic carbocycles. The fourth-order valence-electron chi connectivity index (χ4n) is 2.08. The smallest absolute Gasteiger partial charge is 0.175 e. The molecule has 0 amide bonds. The van der Waals surface area contributed by atoms with Crippen LogP contribution in [-0.4, -0.2) is 35.2 Å². The first-order chi connectivity index (χ1) is 9.42. The van der Waals surface area contributed by atoms with Gasteiger partial charge in [0, 0.05) is 6.26 Å². The van der Waals surface area contributed by atoms with Crippen LogP contribution < -0.4 is 9.47 Å². The van der Waals surface area contributed by atoms with Crippen molar-refractivity contribution in [2.45, 2.75) is 4.90 Å². The zero-order valence-electron chi connectivity index (χ0n) is 11.3. The normalized spacial score (nSPS) is 11.3. The van der Waals surface area contributed by atoms with E-state index in [1.165, 1.54) is 26.4 Å². The molecule has 0 fully saturated rings. The lowest BCUT2D eigenvalue weighted by Gasteiger charge is -2.13. The molecule has 2 rings (SSSR count). The molecule has 0 aliphatic rings. The lowest BCUT2D eigenvalue weighted by Crippen LogP contribution is -1.99. The Morgan fingerprint density at radius 3 is 2.30 bits per heavy atom. The maximum Gasteiger partial charge on any atom is 0.175 e. The molecule has 0 bridgehead atoms. The van der Waals surface area contributed by atoms with Gasteiger partial charge in [-0.1, -0.05) is 6.07 Å². The van der Waals surface area contributed by atoms with Gasteiger partial charge < -0.3 is 9.47 Å². The largest absolute Gasteiger partial charge is 0.493 e. The number of hydrogen-bond donors (Lipinski definition) is 0. The van der Waals surface area contributed by atoms with Gasteiger partial charge >= 0.3 is 0 Å². The second-order valence-corrected chi connectivity index (χ2v) is 6.31. The maximum absolute atomic E-state index is 11.6. The minimum absolute atomic E-state index is 0.189. The van der Waals surface area contributed by atoms with Crippen LogP contribution in [0.3, 0.4) is 0 Å². The van der Waals surface area contributed by atoms with E-state index in [-0.39, 0.29) is 4.90 Å². The van der Waals surface area contributed by atoms with E-state index in [1.807, 2.05) is 0 Å². The second-order valence-electron chi connectivity index (χ2n) is 4.30. The third kappa shape index (κ3) is 2.34. The number of carbonyl (C=O) groups is 1. The average Bonchev–Trinajstić information content (AvgIpc) is 2.43. The summed E-state index contributed by atoms with van der Waals surface area (Å²) in [5, 5.41) is 1.22. The molecule has 0 heterocycles. The van der Waals surface area contributed by atoms with Gasteiger partial charge in [0.2, 0.25) is 0 Å². The van der Waals surface area contributed by atoms with Crippen molar-refractivity contribution in [3.05, 3.63) is 29.8 Å². The van der Waals surface area contributed by atoms with Gasteiger partial charge in [0.05, 0.1) is 24.7 Å². The van der Waals surface area contributed by atoms with Gasteiger partial charge in [-0.15, -0.1) is 0 Å². The molecule has 0 saturated carbocycles. The molecule has 2 aromatic rings. The SMILES string of the molecule is COc1cc2cc(S(C)(=O)=O)ccc2c(C=O)c1OC. The van der Waals surface area contributed by atoms with E-state index >= 15 is 0 Å². The Kier molecular flexibility index (Phi) is 3.67. The summed E-state index contributed by atoms with van der Waals surface area (Å²) >= 11 is 0. The van der Waals surface area contributed by atoms with Crippen LogP contribution in [0, 0.1) is 0 Å². The highest BCUT2D eigenvalue weighted by Crippen LogP contribution is 2.37. The van der Waals surface area contributed by atoms with E-state index in [9.17, 15) is 13.2 Å². The van der Waals surface area contributed by atoms with Gasteiger partial charge in [-0.3, -0.25) is 4.79 Å². The Labute approximate surface area is 117 Å².